The van der Waals surface area contributed by atoms with E-state index >= 15 is 0 Å². The molecular weight excluding hydrogens is 945 g/mol. The Bertz CT molecular complexity index is 1410. The molecule has 0 spiro atoms. The van der Waals surface area contributed by atoms with Crippen LogP contribution in [0.25, 0.3) is 0 Å². The van der Waals surface area contributed by atoms with Crippen LogP contribution in [0.1, 0.15) is 226 Å². The van der Waals surface area contributed by atoms with Gasteiger partial charge in [0.2, 0.25) is 0 Å². The molecule has 432 valence electrons. The third-order valence-corrected chi connectivity index (χ3v) is 14.1. The van der Waals surface area contributed by atoms with Crippen molar-refractivity contribution in [2.45, 2.75) is 293 Å². The fourth-order valence-electron chi connectivity index (χ4n) is 9.23. The second kappa shape index (κ2) is 47.0. The number of hydrogen-bond acceptors (Lipinski definition) is 14. The molecule has 0 saturated carbocycles. The fraction of sp³-hybridized carbons (Fsp3) is 0.850. The number of aliphatic hydroxyl groups excluding tert-OH is 7. The van der Waals surface area contributed by atoms with Crippen molar-refractivity contribution in [3.8, 4) is 0 Å². The summed E-state index contributed by atoms with van der Waals surface area (Å²) in [5.41, 5.74) is 0. The summed E-state index contributed by atoms with van der Waals surface area (Å²) in [6, 6.07) is 0. The minimum Gasteiger partial charge on any atom is -0.457 e. The summed E-state index contributed by atoms with van der Waals surface area (Å²) in [7, 11) is 0. The minimum atomic E-state index is -1.71. The Balaban J connectivity index is 1.71. The SMILES string of the molecule is CCCCCCC/C=C\C/C=C\C/C=C\CCCCCCCCCCC(=O)OC(COCCCCCCCC/C=C\CCCCCCCCC)COC1OC(COC2OC(CO)C(O)C(O)C2O)C(O)C(O)C1O. The zero-order chi connectivity index (χ0) is 53.7. The number of unbranched alkanes of at least 4 members (excludes halogenated alkanes) is 26. The van der Waals surface area contributed by atoms with Crippen molar-refractivity contribution in [3.63, 3.8) is 0 Å². The number of rotatable bonds is 48. The van der Waals surface area contributed by atoms with E-state index in [1.165, 1.54) is 135 Å². The van der Waals surface area contributed by atoms with Gasteiger partial charge in [-0.1, -0.05) is 191 Å². The predicted octanol–water partition coefficient (Wildman–Crippen LogP) is 10.7. The molecule has 0 amide bonds. The third-order valence-electron chi connectivity index (χ3n) is 14.1. The van der Waals surface area contributed by atoms with Gasteiger partial charge in [0, 0.05) is 13.0 Å². The Morgan fingerprint density at radius 2 is 0.838 bits per heavy atom. The number of ether oxygens (including phenoxy) is 6. The maximum atomic E-state index is 13.1. The first-order valence-corrected chi connectivity index (χ1v) is 29.7. The van der Waals surface area contributed by atoms with Crippen LogP contribution in [0.2, 0.25) is 0 Å². The van der Waals surface area contributed by atoms with E-state index in [0.717, 1.165) is 64.2 Å². The lowest BCUT2D eigenvalue weighted by atomic mass is 9.98. The fourth-order valence-corrected chi connectivity index (χ4v) is 9.23. The van der Waals surface area contributed by atoms with Gasteiger partial charge in [0.25, 0.3) is 0 Å². The van der Waals surface area contributed by atoms with Crippen LogP contribution in [0.3, 0.4) is 0 Å². The van der Waals surface area contributed by atoms with E-state index in [-0.39, 0.29) is 25.6 Å². The molecule has 14 heteroatoms. The Kier molecular flexibility index (Phi) is 43.2. The molecule has 11 atom stereocenters. The summed E-state index contributed by atoms with van der Waals surface area (Å²) >= 11 is 0. The van der Waals surface area contributed by atoms with E-state index in [2.05, 4.69) is 62.5 Å². The molecule has 2 heterocycles. The molecule has 7 N–H and O–H groups in total. The van der Waals surface area contributed by atoms with Crippen molar-refractivity contribution >= 4 is 5.97 Å². The van der Waals surface area contributed by atoms with E-state index in [9.17, 15) is 40.5 Å². The first-order valence-electron chi connectivity index (χ1n) is 29.7. The molecule has 2 aliphatic rings. The van der Waals surface area contributed by atoms with Gasteiger partial charge in [0.1, 0.15) is 54.9 Å². The Hall–Kier alpha value is -2.05. The second-order valence-corrected chi connectivity index (χ2v) is 20.8. The first kappa shape index (κ1) is 68.1. The van der Waals surface area contributed by atoms with Gasteiger partial charge in [0.05, 0.1) is 26.4 Å². The molecular formula is C60H108O14. The van der Waals surface area contributed by atoms with Gasteiger partial charge in [-0.3, -0.25) is 4.79 Å². The quantitative estimate of drug-likeness (QED) is 0.0172. The summed E-state index contributed by atoms with van der Waals surface area (Å²) in [6.07, 6.45) is 40.2. The maximum Gasteiger partial charge on any atom is 0.306 e. The van der Waals surface area contributed by atoms with E-state index in [0.29, 0.717) is 13.0 Å². The molecule has 11 unspecified atom stereocenters. The van der Waals surface area contributed by atoms with Crippen LogP contribution in [-0.4, -0.2) is 142 Å². The molecule has 0 aromatic carbocycles. The van der Waals surface area contributed by atoms with Crippen molar-refractivity contribution in [2.24, 2.45) is 0 Å². The van der Waals surface area contributed by atoms with Gasteiger partial charge >= 0.3 is 5.97 Å². The lowest BCUT2D eigenvalue weighted by molar-refractivity contribution is -0.332. The highest BCUT2D eigenvalue weighted by Crippen LogP contribution is 2.27. The normalized spacial score (nSPS) is 25.1. The highest BCUT2D eigenvalue weighted by Gasteiger charge is 2.47. The molecule has 0 aliphatic carbocycles. The van der Waals surface area contributed by atoms with Crippen LogP contribution in [0, 0.1) is 0 Å². The summed E-state index contributed by atoms with van der Waals surface area (Å²) in [5.74, 6) is -0.384. The number of esters is 1. The monoisotopic (exact) mass is 1050 g/mol. The van der Waals surface area contributed by atoms with Crippen LogP contribution in [0.4, 0.5) is 0 Å². The topological polar surface area (TPSA) is 214 Å². The highest BCUT2D eigenvalue weighted by atomic mass is 16.7. The van der Waals surface area contributed by atoms with Crippen LogP contribution in [0.15, 0.2) is 48.6 Å². The van der Waals surface area contributed by atoms with Crippen LogP contribution < -0.4 is 0 Å². The number of carbonyl (C=O) groups excluding carboxylic acids is 1. The van der Waals surface area contributed by atoms with Crippen molar-refractivity contribution < 1.29 is 69.0 Å². The molecule has 0 bridgehead atoms. The van der Waals surface area contributed by atoms with Gasteiger partial charge < -0.3 is 64.2 Å². The Morgan fingerprint density at radius 1 is 0.446 bits per heavy atom. The molecule has 2 rings (SSSR count). The zero-order valence-electron chi connectivity index (χ0n) is 46.3. The van der Waals surface area contributed by atoms with Gasteiger partial charge in [-0.15, -0.1) is 0 Å². The highest BCUT2D eigenvalue weighted by molar-refractivity contribution is 5.69. The van der Waals surface area contributed by atoms with E-state index < -0.39 is 80.7 Å². The summed E-state index contributed by atoms with van der Waals surface area (Å²) < 4.78 is 34.4. The first-order chi connectivity index (χ1) is 36.1. The number of hydrogen-bond donors (Lipinski definition) is 7. The van der Waals surface area contributed by atoms with Crippen molar-refractivity contribution in [3.05, 3.63) is 48.6 Å². The summed E-state index contributed by atoms with van der Waals surface area (Å²) in [6.45, 7) is 3.67. The minimum absolute atomic E-state index is 0.0542. The largest absolute Gasteiger partial charge is 0.457 e. The Labute approximate surface area is 448 Å². The number of aliphatic hydroxyl groups is 7. The van der Waals surface area contributed by atoms with Gasteiger partial charge in [0.15, 0.2) is 12.6 Å². The van der Waals surface area contributed by atoms with Crippen LogP contribution in [-0.2, 0) is 33.2 Å². The molecule has 2 aliphatic heterocycles. The lowest BCUT2D eigenvalue weighted by Gasteiger charge is -2.42. The Morgan fingerprint density at radius 3 is 1.32 bits per heavy atom. The lowest BCUT2D eigenvalue weighted by Crippen LogP contribution is -2.61. The van der Waals surface area contributed by atoms with Crippen LogP contribution >= 0.6 is 0 Å². The van der Waals surface area contributed by atoms with Gasteiger partial charge in [-0.25, -0.2) is 0 Å². The maximum absolute atomic E-state index is 13.1. The van der Waals surface area contributed by atoms with E-state index in [1.54, 1.807) is 0 Å². The smallest absolute Gasteiger partial charge is 0.306 e. The zero-order valence-corrected chi connectivity index (χ0v) is 46.3. The second-order valence-electron chi connectivity index (χ2n) is 20.8. The standard InChI is InChI=1S/C60H108O14/c1-3-5-7-9-11-13-15-17-19-21-22-23-24-25-26-27-29-31-33-35-37-39-41-43-52(62)72-49(46-69-44-42-40-38-36-34-32-30-28-20-18-16-14-12-10-8-6-4-2)47-70-59-58(68)56(66)54(64)51(74-59)48-71-60-57(67)55(65)53(63)50(45-61)73-60/h15,17,20-22,24-25,28,49-51,53-61,63-68H,3-14,16,18-19,23,26-27,29-48H2,1-2H3/b17-15-,22-21-,25-24-,28-20-. The average Bonchev–Trinajstić information content (AvgIpc) is 3.40. The molecule has 2 saturated heterocycles. The molecule has 0 radical (unpaired) electrons. The van der Waals surface area contributed by atoms with E-state index in [4.69, 9.17) is 28.4 Å². The van der Waals surface area contributed by atoms with Crippen molar-refractivity contribution in [1.29, 1.82) is 0 Å². The molecule has 0 aromatic rings. The number of allylic oxidation sites excluding steroid dienone is 8. The van der Waals surface area contributed by atoms with Crippen molar-refractivity contribution in [2.75, 3.05) is 33.0 Å². The average molecular weight is 1050 g/mol. The number of carbonyl (C=O) groups is 1. The van der Waals surface area contributed by atoms with Gasteiger partial charge in [-0.05, 0) is 77.0 Å². The molecule has 74 heavy (non-hydrogen) atoms. The summed E-state index contributed by atoms with van der Waals surface area (Å²) in [4.78, 5) is 13.1. The molecule has 2 fully saturated rings. The van der Waals surface area contributed by atoms with Gasteiger partial charge in [-0.2, -0.15) is 0 Å². The molecule has 0 aromatic heterocycles. The van der Waals surface area contributed by atoms with E-state index in [1.807, 2.05) is 0 Å². The van der Waals surface area contributed by atoms with Crippen molar-refractivity contribution in [1.82, 2.24) is 0 Å². The summed E-state index contributed by atoms with van der Waals surface area (Å²) in [5, 5.41) is 72.4. The van der Waals surface area contributed by atoms with Crippen LogP contribution in [0.5, 0.6) is 0 Å². The third kappa shape index (κ3) is 33.3. The predicted molar refractivity (Wildman–Crippen MR) is 293 cm³/mol. The molecule has 14 nitrogen and oxygen atoms in total.